The van der Waals surface area contributed by atoms with Gasteiger partial charge >= 0.3 is 0 Å². The number of rotatable bonds is 0. The monoisotopic (exact) mass is 120 g/mol. The molecule has 1 heterocycles. The molecule has 0 amide bonds. The number of nitrogens with zero attached hydrogens (tertiary/aromatic N) is 1. The molecule has 2 nitrogen and oxygen atoms in total. The fraction of sp³-hybridized carbons (Fsp3) is 0.333. The van der Waals surface area contributed by atoms with E-state index in [4.69, 9.17) is 13.7 Å². The van der Waals surface area contributed by atoms with Crippen LogP contribution in [-0.2, 0) is 0 Å². The summed E-state index contributed by atoms with van der Waals surface area (Å²) in [5.74, 6) is 5.49. The Kier molecular flexibility index (Phi) is 1.62. The highest BCUT2D eigenvalue weighted by molar-refractivity contribution is 6.22. The largest absolute Gasteiger partial charge is 0.312 e. The van der Waals surface area contributed by atoms with Crippen LogP contribution in [0.2, 0.25) is 0 Å². The Morgan fingerprint density at radius 2 is 2.44 bits per heavy atom. The highest BCUT2D eigenvalue weighted by atomic mass is 15.4. The molecule has 0 bridgehead atoms. The summed E-state index contributed by atoms with van der Waals surface area (Å²) in [5.41, 5.74) is 0.806. The first kappa shape index (κ1) is 6.43. The third-order valence-corrected chi connectivity index (χ3v) is 1.48. The lowest BCUT2D eigenvalue weighted by Gasteiger charge is -2.25. The summed E-state index contributed by atoms with van der Waals surface area (Å²) in [6.07, 6.45) is 5.48. The van der Waals surface area contributed by atoms with Gasteiger partial charge in [0.15, 0.2) is 0 Å². The Labute approximate surface area is 56.4 Å². The topological polar surface area (TPSA) is 29.3 Å². The first-order valence-corrected chi connectivity index (χ1v) is 2.88. The van der Waals surface area contributed by atoms with E-state index < -0.39 is 0 Å². The Morgan fingerprint density at radius 1 is 1.78 bits per heavy atom. The van der Waals surface area contributed by atoms with Crippen LogP contribution >= 0.6 is 0 Å². The molecule has 1 aliphatic rings. The van der Waals surface area contributed by atoms with Gasteiger partial charge in [0.2, 0.25) is 0 Å². The fourth-order valence-corrected chi connectivity index (χ4v) is 0.694. The van der Waals surface area contributed by atoms with Gasteiger partial charge in [-0.3, -0.25) is 0 Å². The summed E-state index contributed by atoms with van der Waals surface area (Å²) < 4.78 is 0. The molecule has 0 saturated heterocycles. The molecule has 0 aromatic heterocycles. The molecule has 1 rings (SSSR count). The SMILES string of the molecule is [B]C1=CC=CN(N)C1C. The highest BCUT2D eigenvalue weighted by Crippen LogP contribution is 2.08. The van der Waals surface area contributed by atoms with Crippen molar-refractivity contribution < 1.29 is 0 Å². The van der Waals surface area contributed by atoms with Crippen LogP contribution in [0.15, 0.2) is 23.8 Å². The van der Waals surface area contributed by atoms with Crippen LogP contribution in [0.4, 0.5) is 0 Å². The van der Waals surface area contributed by atoms with Crippen molar-refractivity contribution in [3.05, 3.63) is 23.8 Å². The maximum Gasteiger partial charge on any atom is 0.110 e. The van der Waals surface area contributed by atoms with Crippen molar-refractivity contribution in [2.45, 2.75) is 13.0 Å². The predicted molar refractivity (Wildman–Crippen MR) is 38.5 cm³/mol. The first-order chi connectivity index (χ1) is 4.22. The Hall–Kier alpha value is -0.695. The summed E-state index contributed by atoms with van der Waals surface area (Å²) in [4.78, 5) is 0. The van der Waals surface area contributed by atoms with Crippen molar-refractivity contribution in [2.75, 3.05) is 0 Å². The molecule has 9 heavy (non-hydrogen) atoms. The number of hydrazine groups is 1. The van der Waals surface area contributed by atoms with Crippen LogP contribution in [0, 0.1) is 0 Å². The van der Waals surface area contributed by atoms with Crippen LogP contribution in [0.25, 0.3) is 0 Å². The van der Waals surface area contributed by atoms with Gasteiger partial charge in [0.05, 0.1) is 6.04 Å². The van der Waals surface area contributed by atoms with E-state index in [-0.39, 0.29) is 6.04 Å². The maximum atomic E-state index is 5.56. The van der Waals surface area contributed by atoms with Gasteiger partial charge in [-0.05, 0) is 13.0 Å². The molecular weight excluding hydrogens is 111 g/mol. The standard InChI is InChI=1S/C6H9BN2/c1-5-6(7)3-2-4-9(5)8/h2-5H,8H2,1H3. The highest BCUT2D eigenvalue weighted by Gasteiger charge is 2.08. The third-order valence-electron chi connectivity index (χ3n) is 1.48. The molecule has 0 aromatic rings. The molecule has 0 fully saturated rings. The lowest BCUT2D eigenvalue weighted by molar-refractivity contribution is 0.341. The van der Waals surface area contributed by atoms with Gasteiger partial charge in [-0.2, -0.15) is 0 Å². The van der Waals surface area contributed by atoms with Crippen LogP contribution in [0.1, 0.15) is 6.92 Å². The summed E-state index contributed by atoms with van der Waals surface area (Å²) in [6, 6.07) is 0.134. The lowest BCUT2D eigenvalue weighted by atomic mass is 9.87. The zero-order valence-electron chi connectivity index (χ0n) is 5.41. The number of nitrogens with two attached hydrogens (primary N) is 1. The molecule has 46 valence electrons. The van der Waals surface area contributed by atoms with E-state index in [0.717, 1.165) is 5.47 Å². The van der Waals surface area contributed by atoms with E-state index in [1.165, 1.54) is 0 Å². The smallest absolute Gasteiger partial charge is 0.110 e. The predicted octanol–water partition coefficient (Wildman–Crippen LogP) is 0.130. The minimum Gasteiger partial charge on any atom is -0.312 e. The summed E-state index contributed by atoms with van der Waals surface area (Å²) in [5, 5.41) is 1.58. The minimum absolute atomic E-state index is 0.134. The second-order valence-corrected chi connectivity index (χ2v) is 2.13. The van der Waals surface area contributed by atoms with Crippen molar-refractivity contribution in [1.29, 1.82) is 0 Å². The van der Waals surface area contributed by atoms with Crippen molar-refractivity contribution in [1.82, 2.24) is 5.01 Å². The minimum atomic E-state index is 0.134. The van der Waals surface area contributed by atoms with E-state index in [0.29, 0.717) is 0 Å². The lowest BCUT2D eigenvalue weighted by Crippen LogP contribution is -2.37. The van der Waals surface area contributed by atoms with Crippen molar-refractivity contribution in [3.63, 3.8) is 0 Å². The van der Waals surface area contributed by atoms with Gasteiger partial charge in [0.25, 0.3) is 0 Å². The van der Waals surface area contributed by atoms with Gasteiger partial charge in [-0.15, -0.1) is 0 Å². The van der Waals surface area contributed by atoms with E-state index >= 15 is 0 Å². The molecular formula is C6H9BN2. The van der Waals surface area contributed by atoms with Gasteiger partial charge < -0.3 is 5.01 Å². The first-order valence-electron chi connectivity index (χ1n) is 2.88. The second-order valence-electron chi connectivity index (χ2n) is 2.13. The van der Waals surface area contributed by atoms with E-state index in [9.17, 15) is 0 Å². The molecule has 2 radical (unpaired) electrons. The third kappa shape index (κ3) is 1.16. The van der Waals surface area contributed by atoms with E-state index in [1.54, 1.807) is 11.2 Å². The average Bonchev–Trinajstić information content (AvgIpc) is 1.83. The van der Waals surface area contributed by atoms with Crippen LogP contribution in [0.5, 0.6) is 0 Å². The van der Waals surface area contributed by atoms with E-state index in [2.05, 4.69) is 0 Å². The van der Waals surface area contributed by atoms with Crippen LogP contribution in [-0.4, -0.2) is 18.9 Å². The number of hydrogen-bond acceptors (Lipinski definition) is 2. The van der Waals surface area contributed by atoms with Crippen molar-refractivity contribution in [3.8, 4) is 0 Å². The van der Waals surface area contributed by atoms with Crippen LogP contribution < -0.4 is 5.84 Å². The Bertz CT molecular complexity index is 162. The molecule has 1 atom stereocenters. The quantitative estimate of drug-likeness (QED) is 0.363. The normalized spacial score (nSPS) is 26.2. The molecule has 0 saturated carbocycles. The second kappa shape index (κ2) is 2.27. The molecule has 3 heteroatoms. The fourth-order valence-electron chi connectivity index (χ4n) is 0.694. The zero-order valence-corrected chi connectivity index (χ0v) is 5.41. The van der Waals surface area contributed by atoms with E-state index in [1.807, 2.05) is 19.1 Å². The summed E-state index contributed by atoms with van der Waals surface area (Å²) in [7, 11) is 5.56. The van der Waals surface area contributed by atoms with Crippen LogP contribution in [0.3, 0.4) is 0 Å². The Morgan fingerprint density at radius 3 is 2.89 bits per heavy atom. The van der Waals surface area contributed by atoms with Gasteiger partial charge in [-0.1, -0.05) is 11.5 Å². The van der Waals surface area contributed by atoms with Gasteiger partial charge in [-0.25, -0.2) is 5.84 Å². The van der Waals surface area contributed by atoms with Gasteiger partial charge in [0.1, 0.15) is 7.85 Å². The number of allylic oxidation sites excluding steroid dienone is 2. The average molecular weight is 120 g/mol. The summed E-state index contributed by atoms with van der Waals surface area (Å²) in [6.45, 7) is 1.95. The molecule has 1 aliphatic heterocycles. The molecule has 0 aliphatic carbocycles. The van der Waals surface area contributed by atoms with Crippen molar-refractivity contribution >= 4 is 7.85 Å². The van der Waals surface area contributed by atoms with Crippen molar-refractivity contribution in [2.24, 2.45) is 5.84 Å². The molecule has 2 N–H and O–H groups in total. The molecule has 0 aromatic carbocycles. The maximum absolute atomic E-state index is 5.56. The van der Waals surface area contributed by atoms with Gasteiger partial charge in [0, 0.05) is 6.20 Å². The molecule has 0 spiro atoms. The Balaban J connectivity index is 2.73. The molecule has 1 unspecified atom stereocenters. The number of hydrogen-bond donors (Lipinski definition) is 1. The zero-order chi connectivity index (χ0) is 6.85. The summed E-state index contributed by atoms with van der Waals surface area (Å²) >= 11 is 0.